The average Bonchev–Trinajstić information content (AvgIpc) is 2.47. The van der Waals surface area contributed by atoms with Gasteiger partial charge in [0.15, 0.2) is 11.3 Å². The highest BCUT2D eigenvalue weighted by atomic mass is 35.5. The number of carbonyl (C=O) groups is 2. The van der Waals surface area contributed by atoms with Gasteiger partial charge in [0.25, 0.3) is 5.91 Å². The summed E-state index contributed by atoms with van der Waals surface area (Å²) in [5.74, 6) is -1.06. The van der Waals surface area contributed by atoms with Gasteiger partial charge < -0.3 is 15.1 Å². The highest BCUT2D eigenvalue weighted by molar-refractivity contribution is 6.33. The number of aromatic nitrogens is 2. The van der Waals surface area contributed by atoms with E-state index in [1.165, 1.54) is 11.1 Å². The molecule has 0 atom stereocenters. The Morgan fingerprint density at radius 1 is 1.36 bits per heavy atom. The third-order valence-corrected chi connectivity index (χ3v) is 4.03. The molecule has 120 valence electrons. The molecule has 2 N–H and O–H groups in total. The number of rotatable bonds is 3. The quantitative estimate of drug-likeness (QED) is 0.867. The predicted molar refractivity (Wildman–Crippen MR) is 78.9 cm³/mol. The van der Waals surface area contributed by atoms with Crippen molar-refractivity contribution in [2.75, 3.05) is 13.1 Å². The van der Waals surface area contributed by atoms with Crippen molar-refractivity contribution < 1.29 is 19.8 Å². The van der Waals surface area contributed by atoms with E-state index in [-0.39, 0.29) is 48.5 Å². The number of halogens is 1. The first-order valence-corrected chi connectivity index (χ1v) is 7.40. The molecule has 1 amide bonds. The number of hydrogen-bond donors (Lipinski definition) is 2. The smallest absolute Gasteiger partial charge is 0.335 e. The lowest BCUT2D eigenvalue weighted by Gasteiger charge is -2.35. The van der Waals surface area contributed by atoms with Gasteiger partial charge in [0, 0.05) is 31.8 Å². The van der Waals surface area contributed by atoms with Gasteiger partial charge in [0.1, 0.15) is 5.82 Å². The van der Waals surface area contributed by atoms with Gasteiger partial charge in [-0.2, -0.15) is 0 Å². The van der Waals surface area contributed by atoms with Gasteiger partial charge in [-0.05, 0) is 0 Å². The van der Waals surface area contributed by atoms with Crippen LogP contribution in [0.15, 0.2) is 6.20 Å². The van der Waals surface area contributed by atoms with Crippen molar-refractivity contribution in [3.63, 3.8) is 0 Å². The minimum absolute atomic E-state index is 0.0200. The minimum Gasteiger partial charge on any atom is -0.479 e. The number of carbonyl (C=O) groups excluding carboxylic acids is 1. The maximum absolute atomic E-state index is 12.5. The number of aliphatic carboxylic acids is 1. The molecule has 2 heterocycles. The Labute approximate surface area is 132 Å². The molecule has 22 heavy (non-hydrogen) atoms. The van der Waals surface area contributed by atoms with Crippen LogP contribution in [0, 0.1) is 0 Å². The summed E-state index contributed by atoms with van der Waals surface area (Å²) >= 11 is 6.01. The van der Waals surface area contributed by atoms with Crippen molar-refractivity contribution in [3.05, 3.63) is 22.7 Å². The van der Waals surface area contributed by atoms with E-state index in [2.05, 4.69) is 9.97 Å². The van der Waals surface area contributed by atoms with Gasteiger partial charge >= 0.3 is 5.97 Å². The van der Waals surface area contributed by atoms with Crippen LogP contribution in [0.1, 0.15) is 48.9 Å². The first kappa shape index (κ1) is 16.6. The molecule has 2 rings (SSSR count). The fraction of sp³-hybridized carbons (Fsp3) is 0.571. The molecule has 0 bridgehead atoms. The largest absolute Gasteiger partial charge is 0.479 e. The van der Waals surface area contributed by atoms with E-state index in [9.17, 15) is 14.7 Å². The molecule has 0 radical (unpaired) electrons. The fourth-order valence-electron chi connectivity index (χ4n) is 2.25. The van der Waals surface area contributed by atoms with Crippen molar-refractivity contribution in [1.82, 2.24) is 14.9 Å². The highest BCUT2D eigenvalue weighted by Gasteiger charge is 2.41. The van der Waals surface area contributed by atoms with Crippen molar-refractivity contribution in [3.8, 4) is 0 Å². The molecule has 7 nitrogen and oxygen atoms in total. The van der Waals surface area contributed by atoms with Gasteiger partial charge in [-0.25, -0.2) is 14.8 Å². The summed E-state index contributed by atoms with van der Waals surface area (Å²) in [6, 6.07) is 0. The molecule has 0 aromatic carbocycles. The van der Waals surface area contributed by atoms with Crippen LogP contribution in [0.4, 0.5) is 0 Å². The Kier molecular flexibility index (Phi) is 4.67. The second-order valence-corrected chi connectivity index (χ2v) is 6.12. The molecule has 0 spiro atoms. The molecule has 1 aromatic heterocycles. The van der Waals surface area contributed by atoms with Crippen molar-refractivity contribution >= 4 is 23.5 Å². The fourth-order valence-corrected chi connectivity index (χ4v) is 2.42. The van der Waals surface area contributed by atoms with E-state index in [4.69, 9.17) is 16.7 Å². The number of amides is 1. The minimum atomic E-state index is -1.77. The third kappa shape index (κ3) is 3.20. The Morgan fingerprint density at radius 2 is 1.95 bits per heavy atom. The van der Waals surface area contributed by atoms with Gasteiger partial charge in [-0.1, -0.05) is 25.4 Å². The lowest BCUT2D eigenvalue weighted by molar-refractivity contribution is -0.162. The summed E-state index contributed by atoms with van der Waals surface area (Å²) in [4.78, 5) is 33.2. The SMILES string of the molecule is CC(C)c1ncc(Cl)c(C(=O)N2CCC(O)(C(=O)O)CC2)n1. The van der Waals surface area contributed by atoms with Gasteiger partial charge in [0.2, 0.25) is 0 Å². The maximum atomic E-state index is 12.5. The van der Waals surface area contributed by atoms with Crippen LogP contribution < -0.4 is 0 Å². The van der Waals surface area contributed by atoms with Gasteiger partial charge in [0.05, 0.1) is 11.2 Å². The molecule has 1 aromatic rings. The molecule has 1 fully saturated rings. The first-order valence-electron chi connectivity index (χ1n) is 7.02. The summed E-state index contributed by atoms with van der Waals surface area (Å²) in [5, 5.41) is 19.0. The summed E-state index contributed by atoms with van der Waals surface area (Å²) in [5.41, 5.74) is -1.66. The van der Waals surface area contributed by atoms with Crippen molar-refractivity contribution in [1.29, 1.82) is 0 Å². The van der Waals surface area contributed by atoms with E-state index in [0.29, 0.717) is 5.82 Å². The van der Waals surface area contributed by atoms with E-state index in [1.54, 1.807) is 0 Å². The Bertz CT molecular complexity index is 598. The van der Waals surface area contributed by atoms with Crippen molar-refractivity contribution in [2.45, 2.75) is 38.2 Å². The highest BCUT2D eigenvalue weighted by Crippen LogP contribution is 2.25. The lowest BCUT2D eigenvalue weighted by Crippen LogP contribution is -2.51. The van der Waals surface area contributed by atoms with Crippen LogP contribution in [-0.2, 0) is 4.79 Å². The van der Waals surface area contributed by atoms with E-state index in [0.717, 1.165) is 0 Å². The molecular weight excluding hydrogens is 310 g/mol. The number of carboxylic acid groups (broad SMARTS) is 1. The van der Waals surface area contributed by atoms with Crippen LogP contribution in [0.25, 0.3) is 0 Å². The average molecular weight is 328 g/mol. The van der Waals surface area contributed by atoms with E-state index >= 15 is 0 Å². The first-order chi connectivity index (χ1) is 10.2. The summed E-state index contributed by atoms with van der Waals surface area (Å²) in [7, 11) is 0. The molecular formula is C14H18ClN3O4. The number of nitrogens with zero attached hydrogens (tertiary/aromatic N) is 3. The normalized spacial score (nSPS) is 17.6. The molecule has 1 saturated heterocycles. The summed E-state index contributed by atoms with van der Waals surface area (Å²) in [6.07, 6.45) is 1.36. The third-order valence-electron chi connectivity index (χ3n) is 3.76. The molecule has 0 saturated carbocycles. The van der Waals surface area contributed by atoms with E-state index in [1.807, 2.05) is 13.8 Å². The topological polar surface area (TPSA) is 104 Å². The molecule has 1 aliphatic heterocycles. The predicted octanol–water partition coefficient (Wildman–Crippen LogP) is 1.31. The van der Waals surface area contributed by atoms with Crippen LogP contribution in [0.5, 0.6) is 0 Å². The van der Waals surface area contributed by atoms with Gasteiger partial charge in [-0.15, -0.1) is 0 Å². The number of aliphatic hydroxyl groups is 1. The van der Waals surface area contributed by atoms with Crippen LogP contribution in [-0.4, -0.2) is 55.6 Å². The van der Waals surface area contributed by atoms with E-state index < -0.39 is 11.6 Å². The lowest BCUT2D eigenvalue weighted by atomic mass is 9.91. The zero-order valence-electron chi connectivity index (χ0n) is 12.4. The number of piperidine rings is 1. The molecule has 8 heteroatoms. The number of carboxylic acids is 1. The molecule has 0 unspecified atom stereocenters. The maximum Gasteiger partial charge on any atom is 0.335 e. The zero-order valence-corrected chi connectivity index (χ0v) is 13.2. The summed E-state index contributed by atoms with van der Waals surface area (Å²) < 4.78 is 0. The number of hydrogen-bond acceptors (Lipinski definition) is 5. The zero-order chi connectivity index (χ0) is 16.5. The monoisotopic (exact) mass is 327 g/mol. The van der Waals surface area contributed by atoms with Crippen molar-refractivity contribution in [2.24, 2.45) is 0 Å². The summed E-state index contributed by atoms with van der Waals surface area (Å²) in [6.45, 7) is 4.09. The second kappa shape index (κ2) is 6.18. The standard InChI is InChI=1S/C14H18ClN3O4/c1-8(2)11-16-7-9(15)10(17-11)12(19)18-5-3-14(22,4-6-18)13(20)21/h7-8,22H,3-6H2,1-2H3,(H,20,21). The second-order valence-electron chi connectivity index (χ2n) is 5.71. The van der Waals surface area contributed by atoms with Crippen LogP contribution >= 0.6 is 11.6 Å². The Balaban J connectivity index is 2.17. The van der Waals surface area contributed by atoms with Crippen LogP contribution in [0.3, 0.4) is 0 Å². The number of likely N-dealkylation sites (tertiary alicyclic amines) is 1. The molecule has 0 aliphatic carbocycles. The Hall–Kier alpha value is -1.73. The van der Waals surface area contributed by atoms with Crippen LogP contribution in [0.2, 0.25) is 5.02 Å². The van der Waals surface area contributed by atoms with Gasteiger partial charge in [-0.3, -0.25) is 4.79 Å². The molecule has 1 aliphatic rings. The Morgan fingerprint density at radius 3 is 2.45 bits per heavy atom.